The van der Waals surface area contributed by atoms with Crippen LogP contribution >= 0.6 is 12.2 Å². The highest BCUT2D eigenvalue weighted by Crippen LogP contribution is 2.16. The van der Waals surface area contributed by atoms with Gasteiger partial charge in [0.25, 0.3) is 0 Å². The van der Waals surface area contributed by atoms with Crippen LogP contribution in [0.2, 0.25) is 0 Å². The van der Waals surface area contributed by atoms with Crippen LogP contribution in [0.3, 0.4) is 0 Å². The van der Waals surface area contributed by atoms with Crippen molar-refractivity contribution in [3.8, 4) is 0 Å². The fraction of sp³-hybridized carbons (Fsp3) is 0.400. The Morgan fingerprint density at radius 2 is 1.82 bits per heavy atom. The summed E-state index contributed by atoms with van der Waals surface area (Å²) in [5.41, 5.74) is 3.96. The number of aliphatic imine (C=N–C) groups is 1. The molecule has 0 amide bonds. The van der Waals surface area contributed by atoms with Gasteiger partial charge in [-0.25, -0.2) is 9.97 Å². The molecule has 3 rings (SSSR count). The lowest BCUT2D eigenvalue weighted by Gasteiger charge is -2.29. The average molecular weight is 399 g/mol. The third-order valence-electron chi connectivity index (χ3n) is 4.36. The third-order valence-corrected chi connectivity index (χ3v) is 4.56. The number of ether oxygens (including phenoxy) is 1. The van der Waals surface area contributed by atoms with Crippen molar-refractivity contribution < 1.29 is 4.74 Å². The second-order valence-electron chi connectivity index (χ2n) is 6.57. The van der Waals surface area contributed by atoms with Crippen LogP contribution in [0.5, 0.6) is 0 Å². The fourth-order valence-electron chi connectivity index (χ4n) is 3.02. The van der Waals surface area contributed by atoms with E-state index in [0.717, 1.165) is 36.6 Å². The van der Waals surface area contributed by atoms with E-state index < -0.39 is 0 Å². The SMILES string of the molecule is CCc1ccccc1NC(=S)/N=C(/Nc1nc(C)cc(C)n1)N1CCOCC1. The van der Waals surface area contributed by atoms with Crippen LogP contribution in [0, 0.1) is 13.8 Å². The fourth-order valence-corrected chi connectivity index (χ4v) is 3.22. The topological polar surface area (TPSA) is 74.7 Å². The molecule has 0 atom stereocenters. The Hall–Kier alpha value is -2.58. The summed E-state index contributed by atoms with van der Waals surface area (Å²) >= 11 is 5.52. The summed E-state index contributed by atoms with van der Waals surface area (Å²) in [6.07, 6.45) is 0.917. The number of nitrogens with zero attached hydrogens (tertiary/aromatic N) is 4. The van der Waals surface area contributed by atoms with Crippen LogP contribution in [0.1, 0.15) is 23.9 Å². The molecule has 2 aromatic rings. The highest BCUT2D eigenvalue weighted by molar-refractivity contribution is 7.80. The van der Waals surface area contributed by atoms with Crippen molar-refractivity contribution >= 4 is 34.9 Å². The second kappa shape index (κ2) is 9.57. The van der Waals surface area contributed by atoms with Gasteiger partial charge in [0.2, 0.25) is 17.0 Å². The van der Waals surface area contributed by atoms with Crippen molar-refractivity contribution in [2.75, 3.05) is 36.9 Å². The van der Waals surface area contributed by atoms with Gasteiger partial charge < -0.3 is 15.0 Å². The molecule has 1 aliphatic heterocycles. The van der Waals surface area contributed by atoms with E-state index in [9.17, 15) is 0 Å². The summed E-state index contributed by atoms with van der Waals surface area (Å²) in [5.74, 6) is 1.14. The second-order valence-corrected chi connectivity index (χ2v) is 6.96. The largest absolute Gasteiger partial charge is 0.378 e. The third kappa shape index (κ3) is 5.46. The number of para-hydroxylation sites is 1. The predicted molar refractivity (Wildman–Crippen MR) is 117 cm³/mol. The van der Waals surface area contributed by atoms with Gasteiger partial charge in [-0.1, -0.05) is 25.1 Å². The van der Waals surface area contributed by atoms with E-state index in [-0.39, 0.29) is 0 Å². The molecule has 0 unspecified atom stereocenters. The Morgan fingerprint density at radius 3 is 2.50 bits per heavy atom. The molecule has 1 aromatic heterocycles. The van der Waals surface area contributed by atoms with Gasteiger partial charge in [0.15, 0.2) is 0 Å². The van der Waals surface area contributed by atoms with Crippen LogP contribution in [0.4, 0.5) is 11.6 Å². The van der Waals surface area contributed by atoms with Gasteiger partial charge in [0.1, 0.15) is 0 Å². The van der Waals surface area contributed by atoms with E-state index >= 15 is 0 Å². The molecular formula is C20H26N6OS. The molecular weight excluding hydrogens is 372 g/mol. The Kier molecular flexibility index (Phi) is 6.89. The molecule has 2 N–H and O–H groups in total. The first-order valence-corrected chi connectivity index (χ1v) is 9.85. The Bertz CT molecular complexity index is 843. The van der Waals surface area contributed by atoms with Crippen molar-refractivity contribution in [2.24, 2.45) is 4.99 Å². The van der Waals surface area contributed by atoms with E-state index in [1.165, 1.54) is 5.56 Å². The summed E-state index contributed by atoms with van der Waals surface area (Å²) < 4.78 is 5.47. The zero-order valence-electron chi connectivity index (χ0n) is 16.5. The number of hydrogen-bond donors (Lipinski definition) is 2. The zero-order chi connectivity index (χ0) is 19.9. The molecule has 28 heavy (non-hydrogen) atoms. The van der Waals surface area contributed by atoms with Crippen molar-refractivity contribution in [1.82, 2.24) is 14.9 Å². The highest BCUT2D eigenvalue weighted by atomic mass is 32.1. The first-order valence-electron chi connectivity index (χ1n) is 9.44. The summed E-state index contributed by atoms with van der Waals surface area (Å²) in [4.78, 5) is 15.7. The highest BCUT2D eigenvalue weighted by Gasteiger charge is 2.17. The first-order chi connectivity index (χ1) is 13.5. The van der Waals surface area contributed by atoms with Crippen molar-refractivity contribution in [3.05, 3.63) is 47.3 Å². The summed E-state index contributed by atoms with van der Waals surface area (Å²) in [6, 6.07) is 10.0. The lowest BCUT2D eigenvalue weighted by molar-refractivity contribution is 0.0680. The number of anilines is 2. The van der Waals surface area contributed by atoms with Gasteiger partial charge in [-0.15, -0.1) is 0 Å². The minimum absolute atomic E-state index is 0.388. The van der Waals surface area contributed by atoms with Crippen LogP contribution in [0.15, 0.2) is 35.3 Å². The molecule has 0 saturated carbocycles. The Labute approximate surface area is 171 Å². The summed E-state index contributed by atoms with van der Waals surface area (Å²) in [7, 11) is 0. The van der Waals surface area contributed by atoms with E-state index in [4.69, 9.17) is 17.0 Å². The number of morpholine rings is 1. The van der Waals surface area contributed by atoms with Crippen LogP contribution in [-0.2, 0) is 11.2 Å². The number of guanidine groups is 1. The molecule has 7 nitrogen and oxygen atoms in total. The molecule has 1 fully saturated rings. The molecule has 1 saturated heterocycles. The maximum Gasteiger partial charge on any atom is 0.229 e. The van der Waals surface area contributed by atoms with E-state index in [0.29, 0.717) is 30.2 Å². The van der Waals surface area contributed by atoms with Gasteiger partial charge in [-0.05, 0) is 50.2 Å². The van der Waals surface area contributed by atoms with Gasteiger partial charge in [0, 0.05) is 30.2 Å². The molecule has 0 bridgehead atoms. The van der Waals surface area contributed by atoms with Gasteiger partial charge >= 0.3 is 0 Å². The normalized spacial score (nSPS) is 14.7. The van der Waals surface area contributed by atoms with E-state index in [2.05, 4.69) is 43.5 Å². The number of hydrogen-bond acceptors (Lipinski definition) is 4. The molecule has 0 aliphatic carbocycles. The zero-order valence-corrected chi connectivity index (χ0v) is 17.3. The lowest BCUT2D eigenvalue weighted by Crippen LogP contribution is -2.45. The lowest BCUT2D eigenvalue weighted by atomic mass is 10.1. The van der Waals surface area contributed by atoms with Crippen molar-refractivity contribution in [3.63, 3.8) is 0 Å². The smallest absolute Gasteiger partial charge is 0.229 e. The molecule has 148 valence electrons. The van der Waals surface area contributed by atoms with Gasteiger partial charge in [-0.3, -0.25) is 5.32 Å². The minimum atomic E-state index is 0.388. The molecule has 1 aromatic carbocycles. The number of nitrogens with one attached hydrogen (secondary N) is 2. The van der Waals surface area contributed by atoms with Crippen LogP contribution in [-0.4, -0.2) is 52.2 Å². The number of rotatable bonds is 3. The molecule has 8 heteroatoms. The maximum absolute atomic E-state index is 5.52. The van der Waals surface area contributed by atoms with Crippen molar-refractivity contribution in [2.45, 2.75) is 27.2 Å². The van der Waals surface area contributed by atoms with E-state index in [1.807, 2.05) is 38.1 Å². The number of benzene rings is 1. The Morgan fingerprint density at radius 1 is 1.14 bits per heavy atom. The molecule has 2 heterocycles. The monoisotopic (exact) mass is 398 g/mol. The number of thiocarbonyl (C=S) groups is 1. The van der Waals surface area contributed by atoms with Gasteiger partial charge in [-0.2, -0.15) is 4.99 Å². The minimum Gasteiger partial charge on any atom is -0.378 e. The average Bonchev–Trinajstić information content (AvgIpc) is 2.68. The van der Waals surface area contributed by atoms with Crippen molar-refractivity contribution in [1.29, 1.82) is 0 Å². The maximum atomic E-state index is 5.52. The standard InChI is InChI=1S/C20H26N6OS/c1-4-16-7-5-6-8-17(16)23-20(28)25-19(26-9-11-27-12-10-26)24-18-21-14(2)13-15(3)22-18/h5-8,13H,4,9-12H2,1-3H3,(H2,21,22,23,24,25,28). The predicted octanol–water partition coefficient (Wildman–Crippen LogP) is 3.15. The Balaban J connectivity index is 1.83. The number of aromatic nitrogens is 2. The van der Waals surface area contributed by atoms with Crippen LogP contribution < -0.4 is 10.6 Å². The quantitative estimate of drug-likeness (QED) is 0.467. The molecule has 0 spiro atoms. The first kappa shape index (κ1) is 20.2. The number of aryl methyl sites for hydroxylation is 3. The summed E-state index contributed by atoms with van der Waals surface area (Å²) in [6.45, 7) is 8.75. The molecule has 1 aliphatic rings. The van der Waals surface area contributed by atoms with E-state index in [1.54, 1.807) is 0 Å². The molecule has 0 radical (unpaired) electrons. The van der Waals surface area contributed by atoms with Gasteiger partial charge in [0.05, 0.1) is 13.2 Å². The summed E-state index contributed by atoms with van der Waals surface area (Å²) in [5, 5.41) is 6.88. The van der Waals surface area contributed by atoms with Crippen LogP contribution in [0.25, 0.3) is 0 Å².